The van der Waals surface area contributed by atoms with Crippen molar-refractivity contribution in [1.82, 2.24) is 15.6 Å². The number of benzene rings is 2. The van der Waals surface area contributed by atoms with Gasteiger partial charge in [0.2, 0.25) is 0 Å². The van der Waals surface area contributed by atoms with E-state index in [4.69, 9.17) is 27.6 Å². The summed E-state index contributed by atoms with van der Waals surface area (Å²) >= 11 is 12.2. The van der Waals surface area contributed by atoms with Crippen LogP contribution in [-0.4, -0.2) is 22.3 Å². The maximum atomic E-state index is 12.2. The van der Waals surface area contributed by atoms with Crippen LogP contribution in [0.1, 0.15) is 16.2 Å². The molecule has 1 amide bonds. The number of hydrogen-bond acceptors (Lipinski definition) is 4. The van der Waals surface area contributed by atoms with Crippen LogP contribution in [0.3, 0.4) is 0 Å². The molecule has 8 heteroatoms. The SMILES string of the molecule is O=C(N/N=C/c1ccc(-c2cccc(Cl)c2Cl)o1)c1cc(-c2ccccc2)n[nH]1. The van der Waals surface area contributed by atoms with Crippen LogP contribution in [0.2, 0.25) is 10.0 Å². The van der Waals surface area contributed by atoms with Crippen LogP contribution >= 0.6 is 23.2 Å². The Morgan fingerprint density at radius 3 is 2.72 bits per heavy atom. The van der Waals surface area contributed by atoms with Gasteiger partial charge in [-0.1, -0.05) is 59.6 Å². The minimum Gasteiger partial charge on any atom is -0.455 e. The summed E-state index contributed by atoms with van der Waals surface area (Å²) in [6.45, 7) is 0. The van der Waals surface area contributed by atoms with Crippen molar-refractivity contribution in [3.05, 3.63) is 88.2 Å². The second kappa shape index (κ2) is 8.34. The summed E-state index contributed by atoms with van der Waals surface area (Å²) in [5.41, 5.74) is 4.99. The quantitative estimate of drug-likeness (QED) is 0.331. The van der Waals surface area contributed by atoms with Gasteiger partial charge in [0.05, 0.1) is 22.0 Å². The van der Waals surface area contributed by atoms with Crippen molar-refractivity contribution in [2.75, 3.05) is 0 Å². The maximum absolute atomic E-state index is 12.2. The van der Waals surface area contributed by atoms with Crippen LogP contribution in [0.4, 0.5) is 0 Å². The molecule has 0 aliphatic carbocycles. The maximum Gasteiger partial charge on any atom is 0.289 e. The molecule has 0 fully saturated rings. The van der Waals surface area contributed by atoms with E-state index in [0.29, 0.717) is 38.5 Å². The molecule has 0 atom stereocenters. The normalized spacial score (nSPS) is 11.1. The number of nitrogens with zero attached hydrogens (tertiary/aromatic N) is 2. The molecule has 0 radical (unpaired) electrons. The average molecular weight is 425 g/mol. The standard InChI is InChI=1S/C21H14Cl2N4O2/c22-16-8-4-7-15(20(16)23)19-10-9-14(29-19)12-24-27-21(28)18-11-17(25-26-18)13-5-2-1-3-6-13/h1-12H,(H,25,26)(H,27,28)/b24-12+. The predicted molar refractivity (Wildman–Crippen MR) is 113 cm³/mol. The smallest absolute Gasteiger partial charge is 0.289 e. The zero-order valence-electron chi connectivity index (χ0n) is 14.9. The van der Waals surface area contributed by atoms with E-state index >= 15 is 0 Å². The Labute approximate surface area is 176 Å². The van der Waals surface area contributed by atoms with Gasteiger partial charge in [-0.05, 0) is 30.3 Å². The molecule has 4 aromatic rings. The van der Waals surface area contributed by atoms with E-state index in [-0.39, 0.29) is 0 Å². The van der Waals surface area contributed by atoms with Crippen LogP contribution in [0.25, 0.3) is 22.6 Å². The van der Waals surface area contributed by atoms with Gasteiger partial charge < -0.3 is 4.42 Å². The van der Waals surface area contributed by atoms with Crippen molar-refractivity contribution >= 4 is 35.3 Å². The van der Waals surface area contributed by atoms with E-state index in [1.807, 2.05) is 30.3 Å². The number of amides is 1. The van der Waals surface area contributed by atoms with E-state index in [9.17, 15) is 4.79 Å². The lowest BCUT2D eigenvalue weighted by atomic mass is 10.1. The number of rotatable bonds is 5. The molecule has 0 spiro atoms. The van der Waals surface area contributed by atoms with Gasteiger partial charge >= 0.3 is 0 Å². The molecule has 2 heterocycles. The van der Waals surface area contributed by atoms with Crippen molar-refractivity contribution in [3.63, 3.8) is 0 Å². The topological polar surface area (TPSA) is 83.3 Å². The molecule has 4 rings (SSSR count). The highest BCUT2D eigenvalue weighted by Gasteiger charge is 2.12. The summed E-state index contributed by atoms with van der Waals surface area (Å²) < 4.78 is 5.69. The van der Waals surface area contributed by atoms with E-state index < -0.39 is 5.91 Å². The van der Waals surface area contributed by atoms with Gasteiger partial charge in [0, 0.05) is 11.1 Å². The molecule has 144 valence electrons. The Morgan fingerprint density at radius 2 is 1.90 bits per heavy atom. The second-order valence-corrected chi connectivity index (χ2v) is 6.82. The first-order valence-electron chi connectivity index (χ1n) is 8.60. The molecule has 29 heavy (non-hydrogen) atoms. The third-order valence-corrected chi connectivity index (χ3v) is 4.91. The number of H-pyrrole nitrogens is 1. The van der Waals surface area contributed by atoms with Gasteiger partial charge in [-0.15, -0.1) is 0 Å². The minimum atomic E-state index is -0.416. The molecule has 2 aromatic heterocycles. The van der Waals surface area contributed by atoms with E-state index in [1.165, 1.54) is 6.21 Å². The lowest BCUT2D eigenvalue weighted by molar-refractivity contribution is 0.0950. The number of aromatic nitrogens is 2. The number of hydrazone groups is 1. The van der Waals surface area contributed by atoms with E-state index in [1.54, 1.807) is 36.4 Å². The van der Waals surface area contributed by atoms with Crippen LogP contribution in [0.5, 0.6) is 0 Å². The van der Waals surface area contributed by atoms with Gasteiger partial charge in [0.15, 0.2) is 0 Å². The fraction of sp³-hybridized carbons (Fsp3) is 0. The predicted octanol–water partition coefficient (Wildman–Crippen LogP) is 5.41. The molecular weight excluding hydrogens is 411 g/mol. The van der Waals surface area contributed by atoms with Crippen molar-refractivity contribution in [2.24, 2.45) is 5.10 Å². The van der Waals surface area contributed by atoms with Crippen molar-refractivity contribution in [2.45, 2.75) is 0 Å². The third kappa shape index (κ3) is 4.23. The highest BCUT2D eigenvalue weighted by atomic mass is 35.5. The molecule has 2 aromatic carbocycles. The first kappa shape index (κ1) is 19.0. The molecule has 0 saturated heterocycles. The summed E-state index contributed by atoms with van der Waals surface area (Å²) in [5.74, 6) is 0.581. The molecule has 0 aliphatic rings. The number of halogens is 2. The monoisotopic (exact) mass is 424 g/mol. The summed E-state index contributed by atoms with van der Waals surface area (Å²) in [5, 5.41) is 11.6. The molecule has 0 bridgehead atoms. The summed E-state index contributed by atoms with van der Waals surface area (Å²) in [7, 11) is 0. The molecule has 0 unspecified atom stereocenters. The van der Waals surface area contributed by atoms with Crippen LogP contribution in [0, 0.1) is 0 Å². The highest BCUT2D eigenvalue weighted by molar-refractivity contribution is 6.43. The largest absolute Gasteiger partial charge is 0.455 e. The second-order valence-electron chi connectivity index (χ2n) is 6.04. The van der Waals surface area contributed by atoms with Crippen LogP contribution in [0.15, 0.2) is 76.2 Å². The molecule has 2 N–H and O–H groups in total. The molecule has 0 saturated carbocycles. The van der Waals surface area contributed by atoms with Crippen LogP contribution < -0.4 is 5.43 Å². The lowest BCUT2D eigenvalue weighted by Gasteiger charge is -2.01. The number of hydrogen-bond donors (Lipinski definition) is 2. The Morgan fingerprint density at radius 1 is 1.07 bits per heavy atom. The van der Waals surface area contributed by atoms with Gasteiger partial charge in [0.1, 0.15) is 17.2 Å². The number of aromatic amines is 1. The fourth-order valence-corrected chi connectivity index (χ4v) is 3.06. The van der Waals surface area contributed by atoms with Gasteiger partial charge in [-0.25, -0.2) is 5.43 Å². The Balaban J connectivity index is 1.42. The summed E-state index contributed by atoms with van der Waals surface area (Å²) in [6, 6.07) is 20.0. The third-order valence-electron chi connectivity index (χ3n) is 4.09. The zero-order chi connectivity index (χ0) is 20.2. The first-order chi connectivity index (χ1) is 14.1. The number of nitrogens with one attached hydrogen (secondary N) is 2. The minimum absolute atomic E-state index is 0.298. The van der Waals surface area contributed by atoms with Gasteiger partial charge in [-0.3, -0.25) is 9.89 Å². The van der Waals surface area contributed by atoms with Crippen molar-refractivity contribution in [1.29, 1.82) is 0 Å². The number of furan rings is 1. The lowest BCUT2D eigenvalue weighted by Crippen LogP contribution is -2.17. The molecular formula is C21H14Cl2N4O2. The summed E-state index contributed by atoms with van der Waals surface area (Å²) in [6.07, 6.45) is 1.40. The fourth-order valence-electron chi connectivity index (χ4n) is 2.67. The Hall–Kier alpha value is -3.35. The number of carbonyl (C=O) groups is 1. The zero-order valence-corrected chi connectivity index (χ0v) is 16.4. The molecule has 0 aliphatic heterocycles. The van der Waals surface area contributed by atoms with Crippen molar-refractivity contribution < 1.29 is 9.21 Å². The van der Waals surface area contributed by atoms with Gasteiger partial charge in [0.25, 0.3) is 5.91 Å². The first-order valence-corrected chi connectivity index (χ1v) is 9.36. The van der Waals surface area contributed by atoms with E-state index in [0.717, 1.165) is 5.56 Å². The number of carbonyl (C=O) groups excluding carboxylic acids is 1. The Bertz CT molecular complexity index is 1180. The average Bonchev–Trinajstić information content (AvgIpc) is 3.41. The van der Waals surface area contributed by atoms with E-state index in [2.05, 4.69) is 20.7 Å². The summed E-state index contributed by atoms with van der Waals surface area (Å²) in [4.78, 5) is 12.2. The van der Waals surface area contributed by atoms with Crippen molar-refractivity contribution in [3.8, 4) is 22.6 Å². The van der Waals surface area contributed by atoms with Crippen LogP contribution in [-0.2, 0) is 0 Å². The van der Waals surface area contributed by atoms with Gasteiger partial charge in [-0.2, -0.15) is 10.2 Å². The molecule has 6 nitrogen and oxygen atoms in total. The highest BCUT2D eigenvalue weighted by Crippen LogP contribution is 2.34. The Kier molecular flexibility index (Phi) is 5.46.